The lowest BCUT2D eigenvalue weighted by molar-refractivity contribution is -0.142. The summed E-state index contributed by atoms with van der Waals surface area (Å²) in [6, 6.07) is 9.88. The molecule has 0 heterocycles. The first kappa shape index (κ1) is 18.2. The summed E-state index contributed by atoms with van der Waals surface area (Å²) >= 11 is 6.20. The van der Waals surface area contributed by atoms with E-state index in [4.69, 9.17) is 16.3 Å². The maximum atomic E-state index is 12.3. The molecule has 128 valence electrons. The van der Waals surface area contributed by atoms with Crippen molar-refractivity contribution in [1.82, 2.24) is 0 Å². The van der Waals surface area contributed by atoms with Crippen LogP contribution in [-0.2, 0) is 29.0 Å². The van der Waals surface area contributed by atoms with Crippen LogP contribution in [0.2, 0.25) is 5.02 Å². The number of phenols is 1. The number of halogens is 3. The fraction of sp³-hybridized carbons (Fsp3) is 0.278. The molecule has 2 rings (SSSR count). The number of phenolic OH excluding ortho intramolecular Hbond substituents is 1. The second kappa shape index (κ2) is 8.11. The summed E-state index contributed by atoms with van der Waals surface area (Å²) in [6.07, 6.45) is -2.29. The Kier molecular flexibility index (Phi) is 6.15. The molecule has 1 N–H and O–H groups in total. The second-order valence-electron chi connectivity index (χ2n) is 5.44. The van der Waals surface area contributed by atoms with E-state index in [9.17, 15) is 18.7 Å². The van der Waals surface area contributed by atoms with Crippen molar-refractivity contribution >= 4 is 17.6 Å². The van der Waals surface area contributed by atoms with Gasteiger partial charge in [0.15, 0.2) is 0 Å². The number of carbonyl (C=O) groups is 1. The average molecular weight is 355 g/mol. The van der Waals surface area contributed by atoms with Crippen molar-refractivity contribution in [3.63, 3.8) is 0 Å². The molecule has 0 aliphatic heterocycles. The highest BCUT2D eigenvalue weighted by atomic mass is 35.5. The number of hydrogen-bond donors (Lipinski definition) is 1. The lowest BCUT2D eigenvalue weighted by atomic mass is 10.0. The number of alkyl halides is 2. The van der Waals surface area contributed by atoms with Crippen LogP contribution in [0, 0.1) is 0 Å². The molecule has 0 saturated carbocycles. The van der Waals surface area contributed by atoms with Crippen molar-refractivity contribution in [3.05, 3.63) is 63.7 Å². The molecule has 24 heavy (non-hydrogen) atoms. The third-order valence-electron chi connectivity index (χ3n) is 3.47. The van der Waals surface area contributed by atoms with Crippen molar-refractivity contribution in [1.29, 1.82) is 0 Å². The van der Waals surface area contributed by atoms with Crippen LogP contribution in [0.4, 0.5) is 8.78 Å². The molecule has 6 heteroatoms. The number of rotatable bonds is 6. The molecule has 0 aromatic heterocycles. The molecule has 2 aromatic carbocycles. The van der Waals surface area contributed by atoms with Gasteiger partial charge >= 0.3 is 5.97 Å². The third kappa shape index (κ3) is 5.20. The number of esters is 1. The lowest BCUT2D eigenvalue weighted by Gasteiger charge is -2.11. The zero-order chi connectivity index (χ0) is 17.7. The predicted octanol–water partition coefficient (Wildman–Crippen LogP) is 4.51. The fourth-order valence-electron chi connectivity index (χ4n) is 2.30. The Morgan fingerprint density at radius 2 is 1.79 bits per heavy atom. The first-order chi connectivity index (χ1) is 11.3. The zero-order valence-electron chi connectivity index (χ0n) is 13.1. The van der Waals surface area contributed by atoms with E-state index in [1.807, 2.05) is 0 Å². The monoisotopic (exact) mass is 354 g/mol. The molecular formula is C18H17ClF2O3. The summed E-state index contributed by atoms with van der Waals surface area (Å²) in [4.78, 5) is 10.8. The van der Waals surface area contributed by atoms with E-state index >= 15 is 0 Å². The molecule has 0 bridgehead atoms. The summed E-state index contributed by atoms with van der Waals surface area (Å²) in [5, 5.41) is 10.5. The second-order valence-corrected chi connectivity index (χ2v) is 5.85. The smallest absolute Gasteiger partial charge is 0.302 e. The summed E-state index contributed by atoms with van der Waals surface area (Å²) in [7, 11) is 0. The number of benzene rings is 2. The van der Waals surface area contributed by atoms with Crippen molar-refractivity contribution in [3.8, 4) is 5.75 Å². The Morgan fingerprint density at radius 1 is 1.17 bits per heavy atom. The van der Waals surface area contributed by atoms with Gasteiger partial charge in [0.25, 0.3) is 0 Å². The van der Waals surface area contributed by atoms with E-state index in [-0.39, 0.29) is 18.8 Å². The normalized spacial score (nSPS) is 10.9. The highest BCUT2D eigenvalue weighted by Gasteiger charge is 2.11. The molecule has 0 amide bonds. The Bertz CT molecular complexity index is 692. The highest BCUT2D eigenvalue weighted by Crippen LogP contribution is 2.30. The molecule has 0 saturated heterocycles. The van der Waals surface area contributed by atoms with Crippen LogP contribution in [0.3, 0.4) is 0 Å². The van der Waals surface area contributed by atoms with Crippen LogP contribution in [0.5, 0.6) is 5.75 Å². The summed E-state index contributed by atoms with van der Waals surface area (Å²) < 4.78 is 29.6. The minimum atomic E-state index is -2.38. The Labute approximate surface area is 143 Å². The van der Waals surface area contributed by atoms with E-state index in [1.165, 1.54) is 13.0 Å². The van der Waals surface area contributed by atoms with E-state index in [2.05, 4.69) is 0 Å². The first-order valence-electron chi connectivity index (χ1n) is 7.34. The molecule has 0 aliphatic carbocycles. The zero-order valence-corrected chi connectivity index (χ0v) is 13.8. The largest absolute Gasteiger partial charge is 0.508 e. The minimum Gasteiger partial charge on any atom is -0.508 e. The van der Waals surface area contributed by atoms with Crippen LogP contribution in [0.1, 0.15) is 29.2 Å². The minimum absolute atomic E-state index is 0.00121. The number of aromatic hydroxyl groups is 1. The van der Waals surface area contributed by atoms with E-state index in [0.717, 1.165) is 5.56 Å². The first-order valence-corrected chi connectivity index (χ1v) is 7.72. The highest BCUT2D eigenvalue weighted by molar-refractivity contribution is 6.31. The van der Waals surface area contributed by atoms with Gasteiger partial charge in [0.2, 0.25) is 6.43 Å². The maximum Gasteiger partial charge on any atom is 0.302 e. The Balaban J connectivity index is 2.13. The van der Waals surface area contributed by atoms with Gasteiger partial charge in [-0.15, -0.1) is 0 Å². The van der Waals surface area contributed by atoms with Crippen molar-refractivity contribution in [2.24, 2.45) is 0 Å². The number of hydrogen-bond acceptors (Lipinski definition) is 3. The van der Waals surface area contributed by atoms with Gasteiger partial charge in [0, 0.05) is 30.4 Å². The molecule has 0 spiro atoms. The molecule has 0 fully saturated rings. The third-order valence-corrected chi connectivity index (χ3v) is 3.80. The quantitative estimate of drug-likeness (QED) is 0.776. The van der Waals surface area contributed by atoms with Gasteiger partial charge in [-0.05, 0) is 28.8 Å². The standard InChI is InChI=1S/C18H17ClF2O3/c1-11(22)24-10-14-7-16(19)15(17(23)8-14)6-12-2-4-13(5-3-12)9-18(20)21/h2-5,7-8,18,23H,6,9-10H2,1H3. The van der Waals surface area contributed by atoms with Gasteiger partial charge in [-0.1, -0.05) is 35.9 Å². The van der Waals surface area contributed by atoms with Crippen LogP contribution >= 0.6 is 11.6 Å². The molecular weight excluding hydrogens is 338 g/mol. The van der Waals surface area contributed by atoms with Gasteiger partial charge in [0.05, 0.1) is 0 Å². The van der Waals surface area contributed by atoms with Crippen molar-refractivity contribution in [2.45, 2.75) is 32.8 Å². The van der Waals surface area contributed by atoms with Gasteiger partial charge in [0.1, 0.15) is 12.4 Å². The fourth-order valence-corrected chi connectivity index (χ4v) is 2.60. The van der Waals surface area contributed by atoms with Gasteiger partial charge in [-0.2, -0.15) is 0 Å². The van der Waals surface area contributed by atoms with Crippen LogP contribution in [-0.4, -0.2) is 17.5 Å². The van der Waals surface area contributed by atoms with Crippen molar-refractivity contribution < 1.29 is 23.4 Å². The maximum absolute atomic E-state index is 12.3. The summed E-state index contributed by atoms with van der Waals surface area (Å²) in [5.41, 5.74) is 2.52. The Morgan fingerprint density at radius 3 is 2.33 bits per heavy atom. The van der Waals surface area contributed by atoms with Gasteiger partial charge < -0.3 is 9.84 Å². The summed E-state index contributed by atoms with van der Waals surface area (Å²) in [6.45, 7) is 1.33. The lowest BCUT2D eigenvalue weighted by Crippen LogP contribution is -2.00. The number of ether oxygens (including phenoxy) is 1. The van der Waals surface area contributed by atoms with Crippen LogP contribution in [0.15, 0.2) is 36.4 Å². The topological polar surface area (TPSA) is 46.5 Å². The molecule has 3 nitrogen and oxygen atoms in total. The summed E-state index contributed by atoms with van der Waals surface area (Å²) in [5.74, 6) is -0.417. The van der Waals surface area contributed by atoms with E-state index < -0.39 is 12.4 Å². The van der Waals surface area contributed by atoms with Gasteiger partial charge in [-0.3, -0.25) is 4.79 Å². The molecule has 2 aromatic rings. The van der Waals surface area contributed by atoms with Crippen molar-refractivity contribution in [2.75, 3.05) is 0 Å². The molecule has 0 unspecified atom stereocenters. The molecule has 0 atom stereocenters. The van der Waals surface area contributed by atoms with E-state index in [0.29, 0.717) is 28.1 Å². The number of carbonyl (C=O) groups excluding carboxylic acids is 1. The van der Waals surface area contributed by atoms with Gasteiger partial charge in [-0.25, -0.2) is 8.78 Å². The predicted molar refractivity (Wildman–Crippen MR) is 87.5 cm³/mol. The molecule has 0 radical (unpaired) electrons. The van der Waals surface area contributed by atoms with Crippen LogP contribution in [0.25, 0.3) is 0 Å². The Hall–Kier alpha value is -2.14. The SMILES string of the molecule is CC(=O)OCc1cc(O)c(Cc2ccc(CC(F)F)cc2)c(Cl)c1. The van der Waals surface area contributed by atoms with E-state index in [1.54, 1.807) is 30.3 Å². The molecule has 0 aliphatic rings. The average Bonchev–Trinajstić information content (AvgIpc) is 2.50. The van der Waals surface area contributed by atoms with Crippen LogP contribution < -0.4 is 0 Å².